The number of para-hydroxylation sites is 2. The van der Waals surface area contributed by atoms with Crippen molar-refractivity contribution in [2.24, 2.45) is 0 Å². The lowest BCUT2D eigenvalue weighted by molar-refractivity contribution is 1.17. The average Bonchev–Trinajstić information content (AvgIpc) is 3.78. The summed E-state index contributed by atoms with van der Waals surface area (Å²) in [6.45, 7) is 0. The van der Waals surface area contributed by atoms with Crippen molar-refractivity contribution < 1.29 is 0 Å². The van der Waals surface area contributed by atoms with Crippen LogP contribution >= 0.6 is 11.3 Å². The number of fused-ring (bicyclic) bond motifs is 10. The molecule has 0 bridgehead atoms. The van der Waals surface area contributed by atoms with E-state index in [2.05, 4.69) is 204 Å². The molecule has 0 aliphatic heterocycles. The standard InChI is InChI=1S/C50H32N2S/c1-3-12-33(13-4-1)34-24-27-38(28-25-34)51(39-29-31-47-43(32-39)41-18-9-10-21-46(41)53-47)45-20-11-19-42-49-44(52(50(42)45)37-15-5-2-6-16-37)30-26-36-23-22-35-14-7-8-17-40(35)48(36)49/h1-32H. The summed E-state index contributed by atoms with van der Waals surface area (Å²) < 4.78 is 5.08. The Morgan fingerprint density at radius 3 is 1.89 bits per heavy atom. The van der Waals surface area contributed by atoms with E-state index in [0.29, 0.717) is 0 Å². The summed E-state index contributed by atoms with van der Waals surface area (Å²) >= 11 is 1.86. The van der Waals surface area contributed by atoms with Gasteiger partial charge in [0.15, 0.2) is 0 Å². The Bertz CT molecular complexity index is 3160. The van der Waals surface area contributed by atoms with Gasteiger partial charge in [-0.05, 0) is 93.3 Å². The van der Waals surface area contributed by atoms with Crippen molar-refractivity contribution in [2.75, 3.05) is 4.90 Å². The first-order valence-corrected chi connectivity index (χ1v) is 18.9. The number of benzene rings is 9. The Labute approximate surface area is 311 Å². The van der Waals surface area contributed by atoms with Crippen molar-refractivity contribution in [2.45, 2.75) is 0 Å². The van der Waals surface area contributed by atoms with Gasteiger partial charge in [-0.15, -0.1) is 11.3 Å². The highest BCUT2D eigenvalue weighted by molar-refractivity contribution is 7.25. The third-order valence-corrected chi connectivity index (χ3v) is 11.9. The first-order chi connectivity index (χ1) is 26.3. The quantitative estimate of drug-likeness (QED) is 0.163. The zero-order chi connectivity index (χ0) is 34.9. The second-order valence-corrected chi connectivity index (χ2v) is 14.8. The molecule has 0 spiro atoms. The van der Waals surface area contributed by atoms with E-state index in [4.69, 9.17) is 0 Å². The van der Waals surface area contributed by atoms with Gasteiger partial charge in [-0.3, -0.25) is 0 Å². The molecule has 0 amide bonds. The summed E-state index contributed by atoms with van der Waals surface area (Å²) in [6, 6.07) is 71.0. The lowest BCUT2D eigenvalue weighted by atomic mass is 9.97. The Morgan fingerprint density at radius 1 is 0.396 bits per heavy atom. The molecule has 11 rings (SSSR count). The number of nitrogens with zero attached hydrogens (tertiary/aromatic N) is 2. The number of hydrogen-bond donors (Lipinski definition) is 0. The molecule has 11 aromatic rings. The van der Waals surface area contributed by atoms with Gasteiger partial charge in [-0.2, -0.15) is 0 Å². The molecular weight excluding hydrogens is 661 g/mol. The lowest BCUT2D eigenvalue weighted by Gasteiger charge is -2.27. The minimum absolute atomic E-state index is 1.11. The molecule has 0 aliphatic carbocycles. The van der Waals surface area contributed by atoms with Crippen LogP contribution < -0.4 is 4.90 Å². The molecule has 0 fully saturated rings. The van der Waals surface area contributed by atoms with Crippen molar-refractivity contribution in [1.82, 2.24) is 4.57 Å². The van der Waals surface area contributed by atoms with E-state index in [0.717, 1.165) is 22.7 Å². The summed E-state index contributed by atoms with van der Waals surface area (Å²) in [5.74, 6) is 0. The summed E-state index contributed by atoms with van der Waals surface area (Å²) in [5, 5.41) is 10.2. The van der Waals surface area contributed by atoms with E-state index < -0.39 is 0 Å². The van der Waals surface area contributed by atoms with Crippen molar-refractivity contribution in [3.8, 4) is 16.8 Å². The molecule has 0 unspecified atom stereocenters. The van der Waals surface area contributed by atoms with E-state index in [9.17, 15) is 0 Å². The highest BCUT2D eigenvalue weighted by atomic mass is 32.1. The van der Waals surface area contributed by atoms with Crippen LogP contribution in [0, 0.1) is 0 Å². The van der Waals surface area contributed by atoms with Crippen LogP contribution in [0.25, 0.3) is 80.3 Å². The fourth-order valence-electron chi connectivity index (χ4n) is 8.37. The SMILES string of the molecule is c1ccc(-c2ccc(N(c3ccc4sc5ccccc5c4c3)c3cccc4c5c6c(ccc7ccccc76)ccc5n(-c5ccccc5)c34)cc2)cc1. The van der Waals surface area contributed by atoms with Crippen LogP contribution in [-0.2, 0) is 0 Å². The van der Waals surface area contributed by atoms with Crippen LogP contribution in [0.15, 0.2) is 194 Å². The van der Waals surface area contributed by atoms with Gasteiger partial charge in [0, 0.05) is 48.0 Å². The summed E-state index contributed by atoms with van der Waals surface area (Å²) in [6.07, 6.45) is 0. The van der Waals surface area contributed by atoms with Gasteiger partial charge >= 0.3 is 0 Å². The highest BCUT2D eigenvalue weighted by Crippen LogP contribution is 2.47. The number of rotatable bonds is 5. The topological polar surface area (TPSA) is 8.17 Å². The Morgan fingerprint density at radius 2 is 1.04 bits per heavy atom. The van der Waals surface area contributed by atoms with Crippen LogP contribution in [-0.4, -0.2) is 4.57 Å². The molecular formula is C50H32N2S. The van der Waals surface area contributed by atoms with Crippen LogP contribution in [0.5, 0.6) is 0 Å². The number of aromatic nitrogens is 1. The van der Waals surface area contributed by atoms with Crippen LogP contribution in [0.4, 0.5) is 17.1 Å². The van der Waals surface area contributed by atoms with Crippen molar-refractivity contribution in [3.05, 3.63) is 194 Å². The third-order valence-electron chi connectivity index (χ3n) is 10.7. The van der Waals surface area contributed by atoms with Gasteiger partial charge in [-0.25, -0.2) is 0 Å². The molecule has 0 saturated carbocycles. The molecule has 9 aromatic carbocycles. The highest BCUT2D eigenvalue weighted by Gasteiger charge is 2.23. The fraction of sp³-hybridized carbons (Fsp3) is 0. The molecule has 3 heteroatoms. The fourth-order valence-corrected chi connectivity index (χ4v) is 9.46. The summed E-state index contributed by atoms with van der Waals surface area (Å²) in [4.78, 5) is 2.46. The molecule has 2 heterocycles. The number of anilines is 3. The molecule has 0 saturated heterocycles. The van der Waals surface area contributed by atoms with Crippen molar-refractivity contribution >= 4 is 91.9 Å². The van der Waals surface area contributed by atoms with Crippen LogP contribution in [0.2, 0.25) is 0 Å². The molecule has 0 aliphatic rings. The molecule has 2 nitrogen and oxygen atoms in total. The first-order valence-electron chi connectivity index (χ1n) is 18.1. The normalized spacial score (nSPS) is 11.8. The Kier molecular flexibility index (Phi) is 6.76. The van der Waals surface area contributed by atoms with Gasteiger partial charge in [0.25, 0.3) is 0 Å². The van der Waals surface area contributed by atoms with Gasteiger partial charge in [0.2, 0.25) is 0 Å². The van der Waals surface area contributed by atoms with E-state index in [1.54, 1.807) is 0 Å². The predicted octanol–water partition coefficient (Wildman–Crippen LogP) is 14.6. The van der Waals surface area contributed by atoms with Crippen molar-refractivity contribution in [3.63, 3.8) is 0 Å². The molecule has 248 valence electrons. The van der Waals surface area contributed by atoms with Gasteiger partial charge < -0.3 is 9.47 Å². The third kappa shape index (κ3) is 4.71. The maximum Gasteiger partial charge on any atom is 0.0782 e. The minimum Gasteiger partial charge on any atom is -0.308 e. The van der Waals surface area contributed by atoms with Gasteiger partial charge in [-0.1, -0.05) is 133 Å². The molecule has 0 N–H and O–H groups in total. The van der Waals surface area contributed by atoms with Crippen molar-refractivity contribution in [1.29, 1.82) is 0 Å². The zero-order valence-electron chi connectivity index (χ0n) is 28.8. The molecule has 0 radical (unpaired) electrons. The largest absolute Gasteiger partial charge is 0.308 e. The molecule has 0 atom stereocenters. The molecule has 53 heavy (non-hydrogen) atoms. The van der Waals surface area contributed by atoms with E-state index in [1.807, 2.05) is 11.3 Å². The zero-order valence-corrected chi connectivity index (χ0v) is 29.6. The van der Waals surface area contributed by atoms with Crippen LogP contribution in [0.3, 0.4) is 0 Å². The van der Waals surface area contributed by atoms with Gasteiger partial charge in [0.1, 0.15) is 0 Å². The van der Waals surface area contributed by atoms with E-state index in [-0.39, 0.29) is 0 Å². The van der Waals surface area contributed by atoms with Crippen LogP contribution in [0.1, 0.15) is 0 Å². The van der Waals surface area contributed by atoms with E-state index >= 15 is 0 Å². The maximum absolute atomic E-state index is 2.48. The summed E-state index contributed by atoms with van der Waals surface area (Å²) in [7, 11) is 0. The lowest BCUT2D eigenvalue weighted by Crippen LogP contribution is -2.11. The first kappa shape index (κ1) is 30.0. The van der Waals surface area contributed by atoms with E-state index in [1.165, 1.54) is 74.6 Å². The maximum atomic E-state index is 2.48. The number of thiophene rings is 1. The Balaban J connectivity index is 1.25. The minimum atomic E-state index is 1.11. The summed E-state index contributed by atoms with van der Waals surface area (Å²) in [5.41, 5.74) is 9.28. The monoisotopic (exact) mass is 692 g/mol. The second-order valence-electron chi connectivity index (χ2n) is 13.7. The average molecular weight is 693 g/mol. The smallest absolute Gasteiger partial charge is 0.0782 e. The second kappa shape index (κ2) is 11.9. The van der Waals surface area contributed by atoms with Gasteiger partial charge in [0.05, 0.1) is 16.7 Å². The Hall–Kier alpha value is -6.68. The predicted molar refractivity (Wildman–Crippen MR) is 229 cm³/mol. The number of hydrogen-bond acceptors (Lipinski definition) is 2. The molecule has 2 aromatic heterocycles.